The lowest BCUT2D eigenvalue weighted by Crippen LogP contribution is -2.30. The summed E-state index contributed by atoms with van der Waals surface area (Å²) in [6, 6.07) is 5.75. The highest BCUT2D eigenvalue weighted by Crippen LogP contribution is 2.20. The third kappa shape index (κ3) is 6.20. The van der Waals surface area contributed by atoms with Crippen LogP contribution in [0.15, 0.2) is 24.3 Å². The average molecular weight is 343 g/mol. The highest BCUT2D eigenvalue weighted by molar-refractivity contribution is 5.96. The molecule has 0 aliphatic heterocycles. The van der Waals surface area contributed by atoms with Crippen molar-refractivity contribution in [3.63, 3.8) is 0 Å². The van der Waals surface area contributed by atoms with Crippen LogP contribution in [0.5, 0.6) is 0 Å². The number of amides is 1. The van der Waals surface area contributed by atoms with E-state index in [-0.39, 0.29) is 17.9 Å². The molecule has 1 aromatic carbocycles. The van der Waals surface area contributed by atoms with Crippen LogP contribution < -0.4 is 5.32 Å². The van der Waals surface area contributed by atoms with Crippen molar-refractivity contribution in [3.8, 4) is 11.8 Å². The molecule has 1 amide bonds. The van der Waals surface area contributed by atoms with Gasteiger partial charge in [0, 0.05) is 5.56 Å². The Bertz CT molecular complexity index is 647. The zero-order chi connectivity index (χ0) is 18.2. The third-order valence-corrected chi connectivity index (χ3v) is 2.67. The molecule has 1 aromatic rings. The number of nitrogens with one attached hydrogen (secondary N) is 1. The lowest BCUT2D eigenvalue weighted by molar-refractivity contribution is -0.167. The van der Waals surface area contributed by atoms with Gasteiger partial charge >= 0.3 is 18.2 Å². The molecule has 1 rings (SSSR count). The van der Waals surface area contributed by atoms with Gasteiger partial charge in [-0.1, -0.05) is 30.9 Å². The second-order valence-corrected chi connectivity index (χ2v) is 4.46. The standard InChI is InChI=1S/C16H16F3NO4/c1-3-12(24-15(22)23-4-2)10-9-11-7-5-6-8-13(11)20-14(21)16(17,18)19/h5-8,12H,3-4H2,1-2H3,(H,20,21). The fourth-order valence-electron chi connectivity index (χ4n) is 1.54. The van der Waals surface area contributed by atoms with Crippen molar-refractivity contribution in [3.05, 3.63) is 29.8 Å². The van der Waals surface area contributed by atoms with Gasteiger partial charge in [-0.25, -0.2) is 4.79 Å². The number of ether oxygens (including phenoxy) is 2. The second-order valence-electron chi connectivity index (χ2n) is 4.46. The van der Waals surface area contributed by atoms with Gasteiger partial charge in [0.25, 0.3) is 0 Å². The summed E-state index contributed by atoms with van der Waals surface area (Å²) in [5, 5.41) is 1.75. The maximum absolute atomic E-state index is 12.3. The summed E-state index contributed by atoms with van der Waals surface area (Å²) in [6.45, 7) is 3.48. The van der Waals surface area contributed by atoms with E-state index in [0.717, 1.165) is 0 Å². The van der Waals surface area contributed by atoms with E-state index in [9.17, 15) is 22.8 Å². The van der Waals surface area contributed by atoms with Gasteiger partial charge in [-0.3, -0.25) is 4.79 Å². The lowest BCUT2D eigenvalue weighted by Gasteiger charge is -2.10. The van der Waals surface area contributed by atoms with Crippen LogP contribution in [0.25, 0.3) is 0 Å². The van der Waals surface area contributed by atoms with Gasteiger partial charge in [0.2, 0.25) is 0 Å². The molecule has 0 aliphatic carbocycles. The molecular weight excluding hydrogens is 327 g/mol. The van der Waals surface area contributed by atoms with Crippen molar-refractivity contribution in [1.82, 2.24) is 0 Å². The molecule has 0 saturated carbocycles. The van der Waals surface area contributed by atoms with Crippen molar-refractivity contribution in [2.75, 3.05) is 11.9 Å². The van der Waals surface area contributed by atoms with E-state index in [1.807, 2.05) is 0 Å². The summed E-state index contributed by atoms with van der Waals surface area (Å²) in [5.41, 5.74) is 0.0827. The Morgan fingerprint density at radius 1 is 1.25 bits per heavy atom. The zero-order valence-electron chi connectivity index (χ0n) is 13.1. The molecule has 0 aromatic heterocycles. The number of para-hydroxylation sites is 1. The molecule has 0 spiro atoms. The van der Waals surface area contributed by atoms with Gasteiger partial charge in [-0.2, -0.15) is 13.2 Å². The minimum atomic E-state index is -5.00. The fourth-order valence-corrected chi connectivity index (χ4v) is 1.54. The van der Waals surface area contributed by atoms with Gasteiger partial charge in [0.05, 0.1) is 12.3 Å². The maximum Gasteiger partial charge on any atom is 0.509 e. The normalized spacial score (nSPS) is 11.7. The first-order valence-electron chi connectivity index (χ1n) is 7.10. The fraction of sp³-hybridized carbons (Fsp3) is 0.375. The number of benzene rings is 1. The van der Waals surface area contributed by atoms with Crippen LogP contribution in [0.4, 0.5) is 23.7 Å². The third-order valence-electron chi connectivity index (χ3n) is 2.67. The topological polar surface area (TPSA) is 64.6 Å². The second kappa shape index (κ2) is 8.82. The van der Waals surface area contributed by atoms with Crippen LogP contribution in [-0.4, -0.2) is 30.9 Å². The van der Waals surface area contributed by atoms with Crippen molar-refractivity contribution in [2.24, 2.45) is 0 Å². The number of rotatable bonds is 4. The number of halogens is 3. The first kappa shape index (κ1) is 19.4. The molecule has 0 aliphatic rings. The number of carbonyl (C=O) groups is 2. The summed E-state index contributed by atoms with van der Waals surface area (Å²) in [7, 11) is 0. The van der Waals surface area contributed by atoms with Crippen LogP contribution in [-0.2, 0) is 14.3 Å². The van der Waals surface area contributed by atoms with Crippen molar-refractivity contribution < 1.29 is 32.2 Å². The van der Waals surface area contributed by atoms with Crippen LogP contribution in [0.2, 0.25) is 0 Å². The SMILES string of the molecule is CCOC(=O)OC(C#Cc1ccccc1NC(=O)C(F)(F)F)CC. The smallest absolute Gasteiger partial charge is 0.435 e. The number of hydrogen-bond acceptors (Lipinski definition) is 4. The molecule has 1 unspecified atom stereocenters. The minimum absolute atomic E-state index is 0.0849. The van der Waals surface area contributed by atoms with Crippen molar-refractivity contribution in [1.29, 1.82) is 0 Å². The lowest BCUT2D eigenvalue weighted by atomic mass is 10.1. The Morgan fingerprint density at radius 2 is 1.92 bits per heavy atom. The molecule has 0 bridgehead atoms. The van der Waals surface area contributed by atoms with Gasteiger partial charge < -0.3 is 14.8 Å². The number of carbonyl (C=O) groups excluding carboxylic acids is 2. The highest BCUT2D eigenvalue weighted by atomic mass is 19.4. The van der Waals surface area contributed by atoms with Crippen LogP contribution in [0.3, 0.4) is 0 Å². The quantitative estimate of drug-likeness (QED) is 0.671. The molecule has 0 heterocycles. The first-order chi connectivity index (χ1) is 11.3. The van der Waals surface area contributed by atoms with E-state index in [1.165, 1.54) is 18.2 Å². The minimum Gasteiger partial charge on any atom is -0.435 e. The number of hydrogen-bond donors (Lipinski definition) is 1. The Hall–Kier alpha value is -2.69. The summed E-state index contributed by atoms with van der Waals surface area (Å²) in [5.74, 6) is 3.13. The van der Waals surface area contributed by atoms with Gasteiger partial charge in [0.15, 0.2) is 6.10 Å². The van der Waals surface area contributed by atoms with Gasteiger partial charge in [-0.15, -0.1) is 0 Å². The predicted molar refractivity (Wildman–Crippen MR) is 80.2 cm³/mol. The molecule has 130 valence electrons. The molecule has 24 heavy (non-hydrogen) atoms. The Balaban J connectivity index is 2.92. The summed E-state index contributed by atoms with van der Waals surface area (Å²) in [6.07, 6.45) is -6.30. The van der Waals surface area contributed by atoms with Gasteiger partial charge in [0.1, 0.15) is 0 Å². The van der Waals surface area contributed by atoms with E-state index in [4.69, 9.17) is 4.74 Å². The Labute approximate surface area is 137 Å². The summed E-state index contributed by atoms with van der Waals surface area (Å²) < 4.78 is 46.6. The Morgan fingerprint density at radius 3 is 2.50 bits per heavy atom. The largest absolute Gasteiger partial charge is 0.509 e. The Kier molecular flexibility index (Phi) is 7.11. The van der Waals surface area contributed by atoms with E-state index in [0.29, 0.717) is 6.42 Å². The first-order valence-corrected chi connectivity index (χ1v) is 7.10. The predicted octanol–water partition coefficient (Wildman–Crippen LogP) is 3.49. The monoisotopic (exact) mass is 343 g/mol. The van der Waals surface area contributed by atoms with E-state index >= 15 is 0 Å². The van der Waals surface area contributed by atoms with E-state index < -0.39 is 24.3 Å². The van der Waals surface area contributed by atoms with Crippen LogP contribution in [0.1, 0.15) is 25.8 Å². The number of anilines is 1. The van der Waals surface area contributed by atoms with Gasteiger partial charge in [-0.05, 0) is 25.5 Å². The number of alkyl halides is 3. The molecule has 0 fully saturated rings. The molecule has 8 heteroatoms. The average Bonchev–Trinajstić information content (AvgIpc) is 2.51. The van der Waals surface area contributed by atoms with E-state index in [2.05, 4.69) is 16.6 Å². The van der Waals surface area contributed by atoms with Crippen LogP contribution >= 0.6 is 0 Å². The van der Waals surface area contributed by atoms with E-state index in [1.54, 1.807) is 25.2 Å². The molecular formula is C16H16F3NO4. The van der Waals surface area contributed by atoms with Crippen molar-refractivity contribution in [2.45, 2.75) is 32.5 Å². The summed E-state index contributed by atoms with van der Waals surface area (Å²) >= 11 is 0. The maximum atomic E-state index is 12.3. The summed E-state index contributed by atoms with van der Waals surface area (Å²) in [4.78, 5) is 22.3. The zero-order valence-corrected chi connectivity index (χ0v) is 13.1. The molecule has 0 radical (unpaired) electrons. The highest BCUT2D eigenvalue weighted by Gasteiger charge is 2.38. The molecule has 5 nitrogen and oxygen atoms in total. The molecule has 1 N–H and O–H groups in total. The van der Waals surface area contributed by atoms with Crippen molar-refractivity contribution >= 4 is 17.7 Å². The molecule has 0 saturated heterocycles. The van der Waals surface area contributed by atoms with Crippen LogP contribution in [0, 0.1) is 11.8 Å². The molecule has 1 atom stereocenters.